The summed E-state index contributed by atoms with van der Waals surface area (Å²) < 4.78 is 0. The molecule has 0 radical (unpaired) electrons. The molecule has 3 atom stereocenters. The highest BCUT2D eigenvalue weighted by atomic mass is 16.4. The van der Waals surface area contributed by atoms with Crippen LogP contribution in [0.4, 0.5) is 0 Å². The number of aliphatic carboxylic acids is 1. The van der Waals surface area contributed by atoms with E-state index >= 15 is 0 Å². The molecule has 4 rings (SSSR count). The first-order chi connectivity index (χ1) is 19.0. The quantitative estimate of drug-likeness (QED) is 0.215. The summed E-state index contributed by atoms with van der Waals surface area (Å²) in [4.78, 5) is 25.9. The summed E-state index contributed by atoms with van der Waals surface area (Å²) in [6, 6.07) is 26.1. The van der Waals surface area contributed by atoms with E-state index in [4.69, 9.17) is 5.11 Å². The summed E-state index contributed by atoms with van der Waals surface area (Å²) in [5.74, 6) is 0.359. The van der Waals surface area contributed by atoms with Crippen LogP contribution in [0, 0.1) is 5.92 Å². The van der Waals surface area contributed by atoms with Gasteiger partial charge in [0.15, 0.2) is 0 Å². The van der Waals surface area contributed by atoms with Gasteiger partial charge in [-0.15, -0.1) is 0 Å². The van der Waals surface area contributed by atoms with Crippen LogP contribution in [0.1, 0.15) is 87.8 Å². The number of benzene rings is 3. The van der Waals surface area contributed by atoms with Gasteiger partial charge in [0.05, 0.1) is 0 Å². The number of unbranched alkanes of at least 4 members (excludes halogenated alkanes) is 5. The van der Waals surface area contributed by atoms with Crippen LogP contribution in [0.2, 0.25) is 0 Å². The van der Waals surface area contributed by atoms with E-state index in [1.807, 2.05) is 0 Å². The second-order valence-corrected chi connectivity index (χ2v) is 11.1. The topological polar surface area (TPSA) is 69.6 Å². The third kappa shape index (κ3) is 8.40. The van der Waals surface area contributed by atoms with Gasteiger partial charge in [-0.05, 0) is 59.9 Å². The van der Waals surface area contributed by atoms with Crippen molar-refractivity contribution < 1.29 is 14.7 Å². The first-order valence-electron chi connectivity index (χ1n) is 14.8. The minimum absolute atomic E-state index is 0.217. The Kier molecular flexibility index (Phi) is 11.0. The van der Waals surface area contributed by atoms with Crippen LogP contribution in [0.3, 0.4) is 0 Å². The Morgan fingerprint density at radius 2 is 1.54 bits per heavy atom. The number of hydrogen-bond donors (Lipinski definition) is 2. The number of fused-ring (bicyclic) bond motifs is 1. The largest absolute Gasteiger partial charge is 0.481 e. The van der Waals surface area contributed by atoms with Crippen LogP contribution in [0.5, 0.6) is 0 Å². The van der Waals surface area contributed by atoms with Crippen molar-refractivity contribution in [3.8, 4) is 0 Å². The van der Waals surface area contributed by atoms with Crippen LogP contribution in [0.15, 0.2) is 72.8 Å². The molecule has 0 bridgehead atoms. The van der Waals surface area contributed by atoms with Crippen molar-refractivity contribution in [2.75, 3.05) is 19.6 Å². The molecule has 0 aliphatic carbocycles. The number of rotatable bonds is 14. The van der Waals surface area contributed by atoms with Gasteiger partial charge in [-0.3, -0.25) is 9.59 Å². The zero-order valence-corrected chi connectivity index (χ0v) is 23.4. The van der Waals surface area contributed by atoms with Crippen molar-refractivity contribution in [1.29, 1.82) is 0 Å². The van der Waals surface area contributed by atoms with E-state index in [1.54, 1.807) is 0 Å². The summed E-state index contributed by atoms with van der Waals surface area (Å²) in [5.41, 5.74) is 2.69. The SMILES string of the molecule is C[C@@H](NCC1CN(C(=O)CCCCCCCCC(=O)O)CCC1c1ccccc1)c1cccc2ccccc12. The molecule has 5 heteroatoms. The minimum atomic E-state index is -0.715. The molecule has 1 heterocycles. The Hall–Kier alpha value is -3.18. The summed E-state index contributed by atoms with van der Waals surface area (Å²) in [5, 5.41) is 15.1. The van der Waals surface area contributed by atoms with Crippen molar-refractivity contribution in [2.45, 2.75) is 76.7 Å². The Bertz CT molecular complexity index is 1190. The number of hydrogen-bond acceptors (Lipinski definition) is 3. The number of likely N-dealkylation sites (tertiary alicyclic amines) is 1. The lowest BCUT2D eigenvalue weighted by atomic mass is 9.80. The second kappa shape index (κ2) is 14.8. The van der Waals surface area contributed by atoms with E-state index in [0.29, 0.717) is 18.3 Å². The highest BCUT2D eigenvalue weighted by Gasteiger charge is 2.32. The van der Waals surface area contributed by atoms with Crippen LogP contribution in [-0.4, -0.2) is 41.5 Å². The van der Waals surface area contributed by atoms with E-state index in [-0.39, 0.29) is 18.4 Å². The molecular weight excluding hydrogens is 484 g/mol. The summed E-state index contributed by atoms with van der Waals surface area (Å²) in [7, 11) is 0. The minimum Gasteiger partial charge on any atom is -0.481 e. The first-order valence-corrected chi connectivity index (χ1v) is 14.8. The fraction of sp³-hybridized carbons (Fsp3) is 0.471. The smallest absolute Gasteiger partial charge is 0.303 e. The highest BCUT2D eigenvalue weighted by Crippen LogP contribution is 2.34. The molecule has 39 heavy (non-hydrogen) atoms. The summed E-state index contributed by atoms with van der Waals surface area (Å²) in [6.07, 6.45) is 7.64. The van der Waals surface area contributed by atoms with Crippen molar-refractivity contribution in [3.63, 3.8) is 0 Å². The normalized spacial score (nSPS) is 18.2. The molecule has 0 aromatic heterocycles. The Balaban J connectivity index is 1.32. The molecule has 1 aliphatic heterocycles. The van der Waals surface area contributed by atoms with E-state index < -0.39 is 5.97 Å². The maximum atomic E-state index is 13.1. The predicted octanol–water partition coefficient (Wildman–Crippen LogP) is 7.33. The van der Waals surface area contributed by atoms with E-state index in [0.717, 1.165) is 64.6 Å². The number of nitrogens with one attached hydrogen (secondary N) is 1. The summed E-state index contributed by atoms with van der Waals surface area (Å²) in [6.45, 7) is 4.72. The lowest BCUT2D eigenvalue weighted by Crippen LogP contribution is -2.46. The molecule has 5 nitrogen and oxygen atoms in total. The maximum absolute atomic E-state index is 13.1. The van der Waals surface area contributed by atoms with E-state index in [2.05, 4.69) is 89.9 Å². The molecule has 3 aromatic rings. The molecule has 1 amide bonds. The maximum Gasteiger partial charge on any atom is 0.303 e. The third-order valence-electron chi connectivity index (χ3n) is 8.32. The fourth-order valence-electron chi connectivity index (χ4n) is 6.09. The standard InChI is InChI=1S/C34H44N2O3/c1-26(30-19-13-17-28-16-11-12-18-32(28)30)35-24-29-25-36(23-22-31(29)27-14-7-6-8-15-27)33(37)20-9-4-2-3-5-10-21-34(38)39/h6-8,11-19,26,29,31,35H,2-5,9-10,20-25H2,1H3,(H,38,39)/t26-,29?,31?/m1/s1. The molecule has 3 aromatic carbocycles. The molecule has 1 aliphatic rings. The number of carbonyl (C=O) groups excluding carboxylic acids is 1. The monoisotopic (exact) mass is 528 g/mol. The van der Waals surface area contributed by atoms with Crippen LogP contribution < -0.4 is 5.32 Å². The van der Waals surface area contributed by atoms with Crippen molar-refractivity contribution >= 4 is 22.6 Å². The molecule has 1 fully saturated rings. The van der Waals surface area contributed by atoms with Gasteiger partial charge < -0.3 is 15.3 Å². The Morgan fingerprint density at radius 3 is 2.31 bits per heavy atom. The van der Waals surface area contributed by atoms with Gasteiger partial charge in [-0.25, -0.2) is 0 Å². The average molecular weight is 529 g/mol. The van der Waals surface area contributed by atoms with Crippen molar-refractivity contribution in [3.05, 3.63) is 83.9 Å². The molecule has 208 valence electrons. The van der Waals surface area contributed by atoms with E-state index in [1.165, 1.54) is 21.9 Å². The summed E-state index contributed by atoms with van der Waals surface area (Å²) >= 11 is 0. The molecule has 2 N–H and O–H groups in total. The predicted molar refractivity (Wildman–Crippen MR) is 159 cm³/mol. The van der Waals surface area contributed by atoms with Gasteiger partial charge in [0.1, 0.15) is 0 Å². The van der Waals surface area contributed by atoms with Crippen LogP contribution in [-0.2, 0) is 9.59 Å². The third-order valence-corrected chi connectivity index (χ3v) is 8.32. The first kappa shape index (κ1) is 28.8. The lowest BCUT2D eigenvalue weighted by Gasteiger charge is -2.39. The second-order valence-electron chi connectivity index (χ2n) is 11.1. The number of nitrogens with zero attached hydrogens (tertiary/aromatic N) is 1. The number of carboxylic acids is 1. The molecule has 2 unspecified atom stereocenters. The van der Waals surface area contributed by atoms with E-state index in [9.17, 15) is 9.59 Å². The van der Waals surface area contributed by atoms with Gasteiger partial charge in [0.2, 0.25) is 5.91 Å². The number of carboxylic acid groups (broad SMARTS) is 1. The molecular formula is C34H44N2O3. The van der Waals surface area contributed by atoms with Crippen LogP contribution >= 0.6 is 0 Å². The fourth-order valence-corrected chi connectivity index (χ4v) is 6.09. The zero-order valence-electron chi connectivity index (χ0n) is 23.4. The lowest BCUT2D eigenvalue weighted by molar-refractivity contribution is -0.137. The van der Waals surface area contributed by atoms with Gasteiger partial charge in [0.25, 0.3) is 0 Å². The van der Waals surface area contributed by atoms with Gasteiger partial charge in [0, 0.05) is 38.5 Å². The zero-order chi connectivity index (χ0) is 27.5. The van der Waals surface area contributed by atoms with Crippen molar-refractivity contribution in [1.82, 2.24) is 10.2 Å². The Labute approximate surface area is 233 Å². The van der Waals surface area contributed by atoms with Gasteiger partial charge in [-0.2, -0.15) is 0 Å². The molecule has 0 saturated carbocycles. The van der Waals surface area contributed by atoms with Crippen LogP contribution in [0.25, 0.3) is 10.8 Å². The van der Waals surface area contributed by atoms with Gasteiger partial charge in [-0.1, -0.05) is 98.5 Å². The van der Waals surface area contributed by atoms with Gasteiger partial charge >= 0.3 is 5.97 Å². The molecule has 1 saturated heterocycles. The average Bonchev–Trinajstić information content (AvgIpc) is 2.97. The Morgan fingerprint density at radius 1 is 0.872 bits per heavy atom. The number of piperidine rings is 1. The molecule has 0 spiro atoms. The number of carbonyl (C=O) groups is 2. The van der Waals surface area contributed by atoms with Crippen molar-refractivity contribution in [2.24, 2.45) is 5.92 Å². The highest BCUT2D eigenvalue weighted by molar-refractivity contribution is 5.86. The number of amides is 1.